The van der Waals surface area contributed by atoms with E-state index in [2.05, 4.69) is 10.5 Å². The van der Waals surface area contributed by atoms with Crippen molar-refractivity contribution in [2.45, 2.75) is 13.8 Å². The fraction of sp³-hybridized carbons (Fsp3) is 0.0833. The average molecular weight is 452 g/mol. The van der Waals surface area contributed by atoms with Crippen LogP contribution in [0.3, 0.4) is 0 Å². The number of fused-ring (bicyclic) bond motifs is 1. The Balaban J connectivity index is 1.58. The zero-order valence-corrected chi connectivity index (χ0v) is 18.4. The molecule has 0 bridgehead atoms. The van der Waals surface area contributed by atoms with E-state index in [1.54, 1.807) is 36.5 Å². The van der Waals surface area contributed by atoms with Crippen LogP contribution in [0.5, 0.6) is 5.75 Å². The van der Waals surface area contributed by atoms with Crippen molar-refractivity contribution in [1.29, 1.82) is 0 Å². The number of aryl methyl sites for hydroxylation is 1. The molecule has 3 aromatic carbocycles. The van der Waals surface area contributed by atoms with Crippen LogP contribution in [0.2, 0.25) is 10.0 Å². The summed E-state index contributed by atoms with van der Waals surface area (Å²) in [4.78, 5) is 12.5. The summed E-state index contributed by atoms with van der Waals surface area (Å²) in [6, 6.07) is 17.9. The van der Waals surface area contributed by atoms with Crippen LogP contribution in [-0.2, 0) is 0 Å². The molecule has 4 rings (SSSR count). The van der Waals surface area contributed by atoms with Gasteiger partial charge in [-0.05, 0) is 61.0 Å². The number of hydrogen-bond donors (Lipinski definition) is 2. The number of carbonyl (C=O) groups excluding carboxylic acids is 1. The molecule has 0 saturated carbocycles. The molecular formula is C24H19Cl2N3O2. The first kappa shape index (κ1) is 21.0. The van der Waals surface area contributed by atoms with Gasteiger partial charge in [-0.15, -0.1) is 0 Å². The number of nitrogens with zero attached hydrogens (tertiary/aromatic N) is 2. The van der Waals surface area contributed by atoms with Crippen LogP contribution in [0.15, 0.2) is 65.8 Å². The van der Waals surface area contributed by atoms with Crippen molar-refractivity contribution in [3.63, 3.8) is 0 Å². The molecule has 31 heavy (non-hydrogen) atoms. The van der Waals surface area contributed by atoms with Gasteiger partial charge in [0.2, 0.25) is 0 Å². The number of phenolic OH excluding ortho intramolecular Hbond substituents is 1. The van der Waals surface area contributed by atoms with E-state index < -0.39 is 5.91 Å². The maximum absolute atomic E-state index is 12.5. The van der Waals surface area contributed by atoms with Crippen molar-refractivity contribution in [2.24, 2.45) is 5.10 Å². The minimum absolute atomic E-state index is 0.0971. The Hall–Kier alpha value is -3.28. The van der Waals surface area contributed by atoms with Crippen LogP contribution in [0.25, 0.3) is 16.5 Å². The van der Waals surface area contributed by atoms with E-state index in [0.29, 0.717) is 10.0 Å². The molecule has 0 aliphatic rings. The van der Waals surface area contributed by atoms with Crippen molar-refractivity contribution < 1.29 is 9.90 Å². The fourth-order valence-electron chi connectivity index (χ4n) is 3.58. The SMILES string of the molecule is Cc1cc(/C=N\NC(=O)c2cc3ccccc3cc2O)c(C)n1-c1cc(Cl)ccc1Cl. The van der Waals surface area contributed by atoms with Crippen LogP contribution >= 0.6 is 23.2 Å². The van der Waals surface area contributed by atoms with Gasteiger partial charge in [-0.25, -0.2) is 5.43 Å². The number of benzene rings is 3. The molecule has 1 aromatic heterocycles. The highest BCUT2D eigenvalue weighted by Gasteiger charge is 2.14. The normalized spacial score (nSPS) is 11.4. The third kappa shape index (κ3) is 4.15. The van der Waals surface area contributed by atoms with Crippen LogP contribution in [0, 0.1) is 13.8 Å². The predicted octanol–water partition coefficient (Wildman–Crippen LogP) is 6.02. The Bertz CT molecular complexity index is 1340. The minimum atomic E-state index is -0.494. The second kappa shape index (κ2) is 8.46. The van der Waals surface area contributed by atoms with E-state index in [-0.39, 0.29) is 11.3 Å². The Kier molecular flexibility index (Phi) is 5.72. The number of amides is 1. The molecule has 2 N–H and O–H groups in total. The summed E-state index contributed by atoms with van der Waals surface area (Å²) >= 11 is 12.5. The number of hydrogen-bond acceptors (Lipinski definition) is 3. The molecule has 5 nitrogen and oxygen atoms in total. The second-order valence-electron chi connectivity index (χ2n) is 7.17. The summed E-state index contributed by atoms with van der Waals surface area (Å²) in [6.45, 7) is 3.88. The van der Waals surface area contributed by atoms with Gasteiger partial charge in [-0.1, -0.05) is 47.5 Å². The third-order valence-electron chi connectivity index (χ3n) is 5.10. The molecule has 0 saturated heterocycles. The zero-order chi connectivity index (χ0) is 22.1. The maximum atomic E-state index is 12.5. The highest BCUT2D eigenvalue weighted by atomic mass is 35.5. The first-order chi connectivity index (χ1) is 14.8. The fourth-order valence-corrected chi connectivity index (χ4v) is 3.95. The van der Waals surface area contributed by atoms with Crippen molar-refractivity contribution in [2.75, 3.05) is 0 Å². The molecule has 7 heteroatoms. The minimum Gasteiger partial charge on any atom is -0.507 e. The van der Waals surface area contributed by atoms with Gasteiger partial charge < -0.3 is 9.67 Å². The predicted molar refractivity (Wildman–Crippen MR) is 126 cm³/mol. The third-order valence-corrected chi connectivity index (χ3v) is 5.65. The van der Waals surface area contributed by atoms with E-state index in [0.717, 1.165) is 33.4 Å². The Morgan fingerprint density at radius 3 is 2.48 bits per heavy atom. The van der Waals surface area contributed by atoms with Gasteiger partial charge in [0.25, 0.3) is 5.91 Å². The molecule has 0 unspecified atom stereocenters. The highest BCUT2D eigenvalue weighted by molar-refractivity contribution is 6.34. The monoisotopic (exact) mass is 451 g/mol. The summed E-state index contributed by atoms with van der Waals surface area (Å²) in [5.41, 5.74) is 6.07. The molecule has 4 aromatic rings. The van der Waals surface area contributed by atoms with Crippen molar-refractivity contribution in [3.05, 3.63) is 93.2 Å². The van der Waals surface area contributed by atoms with Gasteiger partial charge >= 0.3 is 0 Å². The van der Waals surface area contributed by atoms with Gasteiger partial charge in [-0.2, -0.15) is 5.10 Å². The number of nitrogens with one attached hydrogen (secondary N) is 1. The molecule has 0 aliphatic carbocycles. The van der Waals surface area contributed by atoms with Gasteiger partial charge in [0.15, 0.2) is 0 Å². The Morgan fingerprint density at radius 2 is 1.74 bits per heavy atom. The number of aromatic hydroxyl groups is 1. The van der Waals surface area contributed by atoms with Crippen LogP contribution < -0.4 is 5.43 Å². The molecule has 0 radical (unpaired) electrons. The van der Waals surface area contributed by atoms with E-state index >= 15 is 0 Å². The van der Waals surface area contributed by atoms with Crippen LogP contribution in [0.1, 0.15) is 27.3 Å². The number of hydrazone groups is 1. The second-order valence-corrected chi connectivity index (χ2v) is 8.02. The molecule has 0 atom stereocenters. The first-order valence-corrected chi connectivity index (χ1v) is 10.3. The maximum Gasteiger partial charge on any atom is 0.275 e. The summed E-state index contributed by atoms with van der Waals surface area (Å²) in [7, 11) is 0. The highest BCUT2D eigenvalue weighted by Crippen LogP contribution is 2.29. The molecule has 0 spiro atoms. The van der Waals surface area contributed by atoms with Crippen LogP contribution in [0.4, 0.5) is 0 Å². The summed E-state index contributed by atoms with van der Waals surface area (Å²) in [5.74, 6) is -0.591. The Labute approximate surface area is 189 Å². The largest absolute Gasteiger partial charge is 0.507 e. The lowest BCUT2D eigenvalue weighted by Gasteiger charge is -2.12. The number of rotatable bonds is 4. The first-order valence-electron chi connectivity index (χ1n) is 9.54. The molecule has 156 valence electrons. The van der Waals surface area contributed by atoms with E-state index in [1.807, 2.05) is 48.7 Å². The van der Waals surface area contributed by atoms with Gasteiger partial charge in [-0.3, -0.25) is 4.79 Å². The summed E-state index contributed by atoms with van der Waals surface area (Å²) in [6.07, 6.45) is 1.56. The van der Waals surface area contributed by atoms with Crippen molar-refractivity contribution in [3.8, 4) is 11.4 Å². The molecular weight excluding hydrogens is 433 g/mol. The number of carbonyl (C=O) groups is 1. The van der Waals surface area contributed by atoms with Gasteiger partial charge in [0.1, 0.15) is 5.75 Å². The van der Waals surface area contributed by atoms with Gasteiger partial charge in [0, 0.05) is 22.0 Å². The Morgan fingerprint density at radius 1 is 1.03 bits per heavy atom. The van der Waals surface area contributed by atoms with E-state index in [4.69, 9.17) is 23.2 Å². The summed E-state index contributed by atoms with van der Waals surface area (Å²) in [5, 5.41) is 17.2. The smallest absolute Gasteiger partial charge is 0.275 e. The molecule has 1 heterocycles. The topological polar surface area (TPSA) is 66.6 Å². The number of halogens is 2. The molecule has 1 amide bonds. The number of aromatic nitrogens is 1. The lowest BCUT2D eigenvalue weighted by Crippen LogP contribution is -2.17. The summed E-state index contributed by atoms with van der Waals surface area (Å²) < 4.78 is 1.98. The standard InChI is InChI=1S/C24H19Cl2N3O2/c1-14-9-18(15(2)29(14)22-12-19(25)7-8-21(22)26)13-27-28-24(31)20-10-16-5-3-4-6-17(16)11-23(20)30/h3-13,30H,1-2H3,(H,28,31)/b27-13-. The average Bonchev–Trinajstić information content (AvgIpc) is 3.02. The van der Waals surface area contributed by atoms with Crippen molar-refractivity contribution >= 4 is 46.1 Å². The molecule has 0 aliphatic heterocycles. The quantitative estimate of drug-likeness (QED) is 0.294. The zero-order valence-electron chi connectivity index (χ0n) is 16.9. The van der Waals surface area contributed by atoms with Crippen LogP contribution in [-0.4, -0.2) is 21.8 Å². The van der Waals surface area contributed by atoms with E-state index in [9.17, 15) is 9.90 Å². The molecule has 0 fully saturated rings. The van der Waals surface area contributed by atoms with Crippen molar-refractivity contribution in [1.82, 2.24) is 9.99 Å². The number of phenols is 1. The van der Waals surface area contributed by atoms with Gasteiger partial charge in [0.05, 0.1) is 22.5 Å². The lowest BCUT2D eigenvalue weighted by atomic mass is 10.1. The van der Waals surface area contributed by atoms with E-state index in [1.165, 1.54) is 0 Å². The lowest BCUT2D eigenvalue weighted by molar-refractivity contribution is 0.0952.